The quantitative estimate of drug-likeness (QED) is 0.667. The SMILES string of the molecule is COc1cc(OC)c(OC)cc1/C=C/C(=O)NCC(c1ccsc1)N(C)C. The lowest BCUT2D eigenvalue weighted by Crippen LogP contribution is -2.33. The van der Waals surface area contributed by atoms with E-state index in [0.717, 1.165) is 5.56 Å². The third kappa shape index (κ3) is 5.48. The minimum Gasteiger partial charge on any atom is -0.496 e. The smallest absolute Gasteiger partial charge is 0.244 e. The van der Waals surface area contributed by atoms with E-state index in [2.05, 4.69) is 21.7 Å². The summed E-state index contributed by atoms with van der Waals surface area (Å²) >= 11 is 1.65. The topological polar surface area (TPSA) is 60.0 Å². The molecule has 1 unspecified atom stereocenters. The van der Waals surface area contributed by atoms with Crippen molar-refractivity contribution in [3.63, 3.8) is 0 Å². The first-order valence-corrected chi connectivity index (χ1v) is 9.38. The number of amides is 1. The lowest BCUT2D eigenvalue weighted by molar-refractivity contribution is -0.116. The minimum atomic E-state index is -0.172. The summed E-state index contributed by atoms with van der Waals surface area (Å²) in [5.41, 5.74) is 1.92. The van der Waals surface area contributed by atoms with Crippen molar-refractivity contribution in [3.8, 4) is 17.2 Å². The number of rotatable bonds is 9. The molecule has 0 aliphatic carbocycles. The second-order valence-electron chi connectivity index (χ2n) is 6.06. The van der Waals surface area contributed by atoms with Gasteiger partial charge in [0.2, 0.25) is 5.91 Å². The van der Waals surface area contributed by atoms with Crippen LogP contribution >= 0.6 is 11.3 Å². The molecular weight excluding hydrogens is 364 g/mol. The summed E-state index contributed by atoms with van der Waals surface area (Å²) in [6, 6.07) is 5.71. The molecular formula is C20H26N2O4S. The normalized spacial score (nSPS) is 12.2. The highest BCUT2D eigenvalue weighted by Gasteiger charge is 2.15. The van der Waals surface area contributed by atoms with Gasteiger partial charge in [-0.15, -0.1) is 0 Å². The van der Waals surface area contributed by atoms with Crippen LogP contribution in [0.5, 0.6) is 17.2 Å². The van der Waals surface area contributed by atoms with Gasteiger partial charge in [-0.2, -0.15) is 11.3 Å². The van der Waals surface area contributed by atoms with Crippen LogP contribution in [0.2, 0.25) is 0 Å². The fourth-order valence-corrected chi connectivity index (χ4v) is 3.37. The Morgan fingerprint density at radius 2 is 1.81 bits per heavy atom. The number of hydrogen-bond acceptors (Lipinski definition) is 6. The van der Waals surface area contributed by atoms with Gasteiger partial charge in [0.25, 0.3) is 0 Å². The first-order chi connectivity index (χ1) is 13.0. The second-order valence-corrected chi connectivity index (χ2v) is 6.84. The van der Waals surface area contributed by atoms with E-state index < -0.39 is 0 Å². The van der Waals surface area contributed by atoms with Crippen LogP contribution in [-0.2, 0) is 4.79 Å². The third-order valence-electron chi connectivity index (χ3n) is 4.17. The molecule has 6 nitrogen and oxygen atoms in total. The summed E-state index contributed by atoms with van der Waals surface area (Å²) in [4.78, 5) is 14.4. The van der Waals surface area contributed by atoms with Gasteiger partial charge in [-0.1, -0.05) is 0 Å². The van der Waals surface area contributed by atoms with E-state index >= 15 is 0 Å². The van der Waals surface area contributed by atoms with Crippen LogP contribution < -0.4 is 19.5 Å². The fourth-order valence-electron chi connectivity index (χ4n) is 2.67. The predicted molar refractivity (Wildman–Crippen MR) is 109 cm³/mol. The van der Waals surface area contributed by atoms with Gasteiger partial charge in [-0.25, -0.2) is 0 Å². The molecule has 0 aliphatic rings. The molecule has 1 atom stereocenters. The molecule has 2 aromatic rings. The molecule has 146 valence electrons. The summed E-state index contributed by atoms with van der Waals surface area (Å²) < 4.78 is 16.0. The van der Waals surface area contributed by atoms with Crippen LogP contribution in [0, 0.1) is 0 Å². The number of likely N-dealkylation sites (N-methyl/N-ethyl adjacent to an activating group) is 1. The highest BCUT2D eigenvalue weighted by atomic mass is 32.1. The molecule has 2 rings (SSSR count). The van der Waals surface area contributed by atoms with Gasteiger partial charge in [0.05, 0.1) is 27.4 Å². The average Bonchev–Trinajstić information content (AvgIpc) is 3.19. The third-order valence-corrected chi connectivity index (χ3v) is 4.87. The van der Waals surface area contributed by atoms with Crippen LogP contribution in [-0.4, -0.2) is 52.8 Å². The Bertz CT molecular complexity index is 773. The van der Waals surface area contributed by atoms with E-state index in [-0.39, 0.29) is 11.9 Å². The van der Waals surface area contributed by atoms with Crippen molar-refractivity contribution >= 4 is 23.3 Å². The number of carbonyl (C=O) groups is 1. The van der Waals surface area contributed by atoms with Crippen LogP contribution in [0.25, 0.3) is 6.08 Å². The molecule has 0 aliphatic heterocycles. The zero-order chi connectivity index (χ0) is 19.8. The maximum Gasteiger partial charge on any atom is 0.244 e. The number of nitrogens with zero attached hydrogens (tertiary/aromatic N) is 1. The highest BCUT2D eigenvalue weighted by Crippen LogP contribution is 2.35. The molecule has 27 heavy (non-hydrogen) atoms. The minimum absolute atomic E-state index is 0.129. The monoisotopic (exact) mass is 390 g/mol. The molecule has 0 fully saturated rings. The highest BCUT2D eigenvalue weighted by molar-refractivity contribution is 7.07. The maximum atomic E-state index is 12.3. The first-order valence-electron chi connectivity index (χ1n) is 8.44. The number of ether oxygens (including phenoxy) is 3. The molecule has 0 saturated heterocycles. The van der Waals surface area contributed by atoms with Gasteiger partial charge >= 0.3 is 0 Å². The van der Waals surface area contributed by atoms with Crippen LogP contribution in [0.3, 0.4) is 0 Å². The molecule has 1 aromatic carbocycles. The number of thiophene rings is 1. The van der Waals surface area contributed by atoms with E-state index in [9.17, 15) is 4.79 Å². The lowest BCUT2D eigenvalue weighted by atomic mass is 10.1. The van der Waals surface area contributed by atoms with Gasteiger partial charge in [0.15, 0.2) is 11.5 Å². The largest absolute Gasteiger partial charge is 0.496 e. The Kier molecular flexibility index (Phi) is 7.69. The second kappa shape index (κ2) is 9.99. The summed E-state index contributed by atoms with van der Waals surface area (Å²) in [5.74, 6) is 1.57. The Morgan fingerprint density at radius 3 is 2.37 bits per heavy atom. The van der Waals surface area contributed by atoms with Crippen molar-refractivity contribution in [2.75, 3.05) is 42.0 Å². The molecule has 0 saturated carbocycles. The maximum absolute atomic E-state index is 12.3. The summed E-state index contributed by atoms with van der Waals surface area (Å²) in [5, 5.41) is 7.09. The van der Waals surface area contributed by atoms with Crippen molar-refractivity contribution in [1.82, 2.24) is 10.2 Å². The van der Waals surface area contributed by atoms with Gasteiger partial charge < -0.3 is 24.4 Å². The van der Waals surface area contributed by atoms with Crippen LogP contribution in [0.15, 0.2) is 35.0 Å². The van der Waals surface area contributed by atoms with Crippen molar-refractivity contribution in [2.24, 2.45) is 0 Å². The van der Waals surface area contributed by atoms with Crippen molar-refractivity contribution in [2.45, 2.75) is 6.04 Å². The Morgan fingerprint density at radius 1 is 1.15 bits per heavy atom. The van der Waals surface area contributed by atoms with E-state index in [4.69, 9.17) is 14.2 Å². The van der Waals surface area contributed by atoms with Gasteiger partial charge in [0, 0.05) is 24.3 Å². The molecule has 0 radical (unpaired) electrons. The lowest BCUT2D eigenvalue weighted by Gasteiger charge is -2.23. The van der Waals surface area contributed by atoms with Crippen LogP contribution in [0.4, 0.5) is 0 Å². The predicted octanol–water partition coefficient (Wildman–Crippen LogP) is 3.21. The summed E-state index contributed by atoms with van der Waals surface area (Å²) in [6.45, 7) is 0.524. The standard InChI is InChI=1S/C20H26N2O4S/c1-22(2)16(15-8-9-27-13-15)12-21-20(23)7-6-14-10-18(25-4)19(26-5)11-17(14)24-3/h6-11,13,16H,12H2,1-5H3,(H,21,23)/b7-6+. The van der Waals surface area contributed by atoms with Gasteiger partial charge in [0.1, 0.15) is 5.75 Å². The molecule has 1 N–H and O–H groups in total. The summed E-state index contributed by atoms with van der Waals surface area (Å²) in [7, 11) is 8.70. The van der Waals surface area contributed by atoms with Crippen LogP contribution in [0.1, 0.15) is 17.2 Å². The van der Waals surface area contributed by atoms with E-state index in [1.807, 2.05) is 19.5 Å². The number of benzene rings is 1. The number of methoxy groups -OCH3 is 3. The van der Waals surface area contributed by atoms with Gasteiger partial charge in [-0.3, -0.25) is 4.79 Å². The average molecular weight is 391 g/mol. The molecule has 1 aromatic heterocycles. The molecule has 1 heterocycles. The number of carbonyl (C=O) groups excluding carboxylic acids is 1. The number of hydrogen-bond donors (Lipinski definition) is 1. The van der Waals surface area contributed by atoms with E-state index in [0.29, 0.717) is 23.8 Å². The van der Waals surface area contributed by atoms with Gasteiger partial charge in [-0.05, 0) is 48.6 Å². The Labute approximate surface area is 164 Å². The zero-order valence-corrected chi connectivity index (χ0v) is 17.1. The first kappa shape index (κ1) is 20.8. The molecule has 7 heteroatoms. The fraction of sp³-hybridized carbons (Fsp3) is 0.350. The van der Waals surface area contributed by atoms with Crippen molar-refractivity contribution in [3.05, 3.63) is 46.2 Å². The Balaban J connectivity index is 2.07. The molecule has 1 amide bonds. The number of nitrogens with one attached hydrogen (secondary N) is 1. The van der Waals surface area contributed by atoms with Crippen molar-refractivity contribution < 1.29 is 19.0 Å². The Hall–Kier alpha value is -2.51. The zero-order valence-electron chi connectivity index (χ0n) is 16.3. The molecule has 0 bridgehead atoms. The van der Waals surface area contributed by atoms with E-state index in [1.165, 1.54) is 11.6 Å². The van der Waals surface area contributed by atoms with Crippen molar-refractivity contribution in [1.29, 1.82) is 0 Å². The van der Waals surface area contributed by atoms with E-state index in [1.54, 1.807) is 50.9 Å². The molecule has 0 spiro atoms. The summed E-state index contributed by atoms with van der Waals surface area (Å²) in [6.07, 6.45) is 3.19.